The lowest BCUT2D eigenvalue weighted by Gasteiger charge is -2.28. The van der Waals surface area contributed by atoms with Crippen molar-refractivity contribution >= 4 is 15.7 Å². The summed E-state index contributed by atoms with van der Waals surface area (Å²) in [6.07, 6.45) is 3.06. The molecule has 5 heteroatoms. The molecule has 1 fully saturated rings. The van der Waals surface area contributed by atoms with Crippen molar-refractivity contribution in [3.8, 4) is 0 Å². The Morgan fingerprint density at radius 1 is 1.19 bits per heavy atom. The molecule has 1 aromatic rings. The Kier molecular flexibility index (Phi) is 4.36. The molecule has 2 N–H and O–H groups in total. The van der Waals surface area contributed by atoms with Crippen LogP contribution in [-0.4, -0.2) is 21.5 Å². The number of benzene rings is 1. The molecule has 118 valence electrons. The molecule has 0 amide bonds. The SMILES string of the molecule is CNc1cc(C)c(S(=O)(=O)NC2CCCC2(C)C)c(C)c1. The standard InChI is InChI=1S/C16H26N2O2S/c1-11-9-13(17-5)10-12(2)15(11)21(19,20)18-14-7-6-8-16(14,3)4/h9-10,14,17-18H,6-8H2,1-5H3. The summed E-state index contributed by atoms with van der Waals surface area (Å²) < 4.78 is 28.5. The largest absolute Gasteiger partial charge is 0.388 e. The van der Waals surface area contributed by atoms with Crippen LogP contribution in [0.25, 0.3) is 0 Å². The first-order chi connectivity index (χ1) is 9.67. The van der Waals surface area contributed by atoms with Gasteiger partial charge in [-0.25, -0.2) is 13.1 Å². The first-order valence-electron chi connectivity index (χ1n) is 7.49. The Labute approximate surface area is 128 Å². The van der Waals surface area contributed by atoms with E-state index in [1.165, 1.54) is 0 Å². The summed E-state index contributed by atoms with van der Waals surface area (Å²) in [7, 11) is -1.64. The summed E-state index contributed by atoms with van der Waals surface area (Å²) in [5, 5.41) is 3.06. The van der Waals surface area contributed by atoms with Gasteiger partial charge in [0.2, 0.25) is 10.0 Å². The zero-order valence-electron chi connectivity index (χ0n) is 13.6. The Hall–Kier alpha value is -1.07. The lowest BCUT2D eigenvalue weighted by Crippen LogP contribution is -2.41. The van der Waals surface area contributed by atoms with Crippen molar-refractivity contribution in [3.63, 3.8) is 0 Å². The van der Waals surface area contributed by atoms with Gasteiger partial charge in [0.05, 0.1) is 4.90 Å². The van der Waals surface area contributed by atoms with E-state index in [2.05, 4.69) is 23.9 Å². The number of rotatable bonds is 4. The van der Waals surface area contributed by atoms with Crippen LogP contribution < -0.4 is 10.0 Å². The predicted molar refractivity (Wildman–Crippen MR) is 87.2 cm³/mol. The van der Waals surface area contributed by atoms with Crippen molar-refractivity contribution in [1.29, 1.82) is 0 Å². The summed E-state index contributed by atoms with van der Waals surface area (Å²) in [5.41, 5.74) is 2.52. The molecular weight excluding hydrogens is 284 g/mol. The third-order valence-corrected chi connectivity index (χ3v) is 6.35. The Bertz CT molecular complexity index is 613. The summed E-state index contributed by atoms with van der Waals surface area (Å²) in [4.78, 5) is 0.421. The maximum Gasteiger partial charge on any atom is 0.241 e. The minimum Gasteiger partial charge on any atom is -0.388 e. The van der Waals surface area contributed by atoms with Crippen molar-refractivity contribution in [2.45, 2.75) is 57.9 Å². The predicted octanol–water partition coefficient (Wildman–Crippen LogP) is 3.20. The molecule has 2 rings (SSSR count). The number of aryl methyl sites for hydroxylation is 2. The van der Waals surface area contributed by atoms with Gasteiger partial charge < -0.3 is 5.32 Å². The second-order valence-corrected chi connectivity index (χ2v) is 8.39. The van der Waals surface area contributed by atoms with Crippen molar-refractivity contribution in [1.82, 2.24) is 4.72 Å². The average molecular weight is 310 g/mol. The van der Waals surface area contributed by atoms with E-state index in [0.717, 1.165) is 36.1 Å². The molecule has 1 aromatic carbocycles. The number of sulfonamides is 1. The highest BCUT2D eigenvalue weighted by Crippen LogP contribution is 2.38. The van der Waals surface area contributed by atoms with Gasteiger partial charge in [-0.15, -0.1) is 0 Å². The first kappa shape index (κ1) is 16.3. The molecule has 1 atom stereocenters. The van der Waals surface area contributed by atoms with Gasteiger partial charge in [-0.2, -0.15) is 0 Å². The smallest absolute Gasteiger partial charge is 0.241 e. The molecule has 1 saturated carbocycles. The highest BCUT2D eigenvalue weighted by Gasteiger charge is 2.37. The lowest BCUT2D eigenvalue weighted by molar-refractivity contribution is 0.313. The molecule has 1 aliphatic carbocycles. The molecule has 0 heterocycles. The molecule has 1 aliphatic rings. The fraction of sp³-hybridized carbons (Fsp3) is 0.625. The second-order valence-electron chi connectivity index (χ2n) is 6.74. The lowest BCUT2D eigenvalue weighted by atomic mass is 9.88. The summed E-state index contributed by atoms with van der Waals surface area (Å²) in [5.74, 6) is 0. The Morgan fingerprint density at radius 2 is 1.76 bits per heavy atom. The maximum atomic E-state index is 12.8. The van der Waals surface area contributed by atoms with Gasteiger partial charge in [-0.05, 0) is 55.4 Å². The zero-order valence-corrected chi connectivity index (χ0v) is 14.4. The van der Waals surface area contributed by atoms with Gasteiger partial charge in [0.1, 0.15) is 0 Å². The van der Waals surface area contributed by atoms with Gasteiger partial charge in [-0.3, -0.25) is 0 Å². The molecular formula is C16H26N2O2S. The maximum absolute atomic E-state index is 12.8. The summed E-state index contributed by atoms with van der Waals surface area (Å²) >= 11 is 0. The first-order valence-corrected chi connectivity index (χ1v) is 8.97. The van der Waals surface area contributed by atoms with E-state index < -0.39 is 10.0 Å². The third-order valence-electron chi connectivity index (χ3n) is 4.57. The van der Waals surface area contributed by atoms with Gasteiger partial charge in [0.15, 0.2) is 0 Å². The van der Waals surface area contributed by atoms with Crippen LogP contribution in [0.3, 0.4) is 0 Å². The van der Waals surface area contributed by atoms with E-state index in [9.17, 15) is 8.42 Å². The molecule has 0 aromatic heterocycles. The van der Waals surface area contributed by atoms with Gasteiger partial charge in [0.25, 0.3) is 0 Å². The summed E-state index contributed by atoms with van der Waals surface area (Å²) in [6, 6.07) is 3.77. The quantitative estimate of drug-likeness (QED) is 0.898. The van der Waals surface area contributed by atoms with Crippen LogP contribution in [0, 0.1) is 19.3 Å². The van der Waals surface area contributed by atoms with Crippen molar-refractivity contribution in [2.75, 3.05) is 12.4 Å². The highest BCUT2D eigenvalue weighted by molar-refractivity contribution is 7.89. The van der Waals surface area contributed by atoms with E-state index in [0.29, 0.717) is 4.90 Å². The number of nitrogens with one attached hydrogen (secondary N) is 2. The van der Waals surface area contributed by atoms with Crippen LogP contribution in [0.5, 0.6) is 0 Å². The normalized spacial score (nSPS) is 21.5. The average Bonchev–Trinajstić information content (AvgIpc) is 2.66. The summed E-state index contributed by atoms with van der Waals surface area (Å²) in [6.45, 7) is 7.97. The molecule has 0 bridgehead atoms. The monoisotopic (exact) mass is 310 g/mol. The van der Waals surface area contributed by atoms with Crippen molar-refractivity contribution in [2.24, 2.45) is 5.41 Å². The number of anilines is 1. The Balaban J connectivity index is 2.36. The number of hydrogen-bond acceptors (Lipinski definition) is 3. The third kappa shape index (κ3) is 3.24. The minimum atomic E-state index is -3.48. The second kappa shape index (κ2) is 5.61. The van der Waals surface area contributed by atoms with Crippen LogP contribution in [0.4, 0.5) is 5.69 Å². The molecule has 21 heavy (non-hydrogen) atoms. The molecule has 0 saturated heterocycles. The minimum absolute atomic E-state index is 0.0188. The molecule has 0 spiro atoms. The molecule has 4 nitrogen and oxygen atoms in total. The van der Waals surface area contributed by atoms with E-state index in [1.807, 2.05) is 33.0 Å². The molecule has 0 aliphatic heterocycles. The van der Waals surface area contributed by atoms with E-state index >= 15 is 0 Å². The van der Waals surface area contributed by atoms with Crippen LogP contribution in [0.2, 0.25) is 0 Å². The highest BCUT2D eigenvalue weighted by atomic mass is 32.2. The van der Waals surface area contributed by atoms with Crippen LogP contribution in [-0.2, 0) is 10.0 Å². The van der Waals surface area contributed by atoms with Crippen LogP contribution >= 0.6 is 0 Å². The van der Waals surface area contributed by atoms with Crippen LogP contribution in [0.15, 0.2) is 17.0 Å². The van der Waals surface area contributed by atoms with Crippen molar-refractivity contribution < 1.29 is 8.42 Å². The van der Waals surface area contributed by atoms with Gasteiger partial charge in [0, 0.05) is 18.8 Å². The Morgan fingerprint density at radius 3 is 2.19 bits per heavy atom. The molecule has 0 radical (unpaired) electrons. The molecule has 1 unspecified atom stereocenters. The van der Waals surface area contributed by atoms with Crippen molar-refractivity contribution in [3.05, 3.63) is 23.3 Å². The van der Waals surface area contributed by atoms with E-state index in [4.69, 9.17) is 0 Å². The fourth-order valence-corrected chi connectivity index (χ4v) is 5.20. The topological polar surface area (TPSA) is 58.2 Å². The van der Waals surface area contributed by atoms with E-state index in [-0.39, 0.29) is 11.5 Å². The number of hydrogen-bond donors (Lipinski definition) is 2. The van der Waals surface area contributed by atoms with Gasteiger partial charge in [-0.1, -0.05) is 20.3 Å². The van der Waals surface area contributed by atoms with Crippen LogP contribution in [0.1, 0.15) is 44.2 Å². The van der Waals surface area contributed by atoms with Gasteiger partial charge >= 0.3 is 0 Å². The zero-order chi connectivity index (χ0) is 15.8. The fourth-order valence-electron chi connectivity index (χ4n) is 3.31. The van der Waals surface area contributed by atoms with E-state index in [1.54, 1.807) is 0 Å².